The molecule has 3 rings (SSSR count). The van der Waals surface area contributed by atoms with Gasteiger partial charge in [0.2, 0.25) is 0 Å². The lowest BCUT2D eigenvalue weighted by Crippen LogP contribution is -2.11. The van der Waals surface area contributed by atoms with Gasteiger partial charge in [-0.3, -0.25) is 4.79 Å². The second kappa shape index (κ2) is 5.05. The van der Waals surface area contributed by atoms with Crippen LogP contribution < -0.4 is 5.32 Å². The van der Waals surface area contributed by atoms with Gasteiger partial charge in [-0.2, -0.15) is 0 Å². The van der Waals surface area contributed by atoms with Crippen molar-refractivity contribution in [2.45, 2.75) is 6.92 Å². The summed E-state index contributed by atoms with van der Waals surface area (Å²) in [6.07, 6.45) is 1.58. The minimum atomic E-state index is -0.177. The number of imidazole rings is 1. The molecular formula is C14H11BrN4O. The minimum Gasteiger partial charge on any atom is -0.342 e. The maximum atomic E-state index is 12.1. The summed E-state index contributed by atoms with van der Waals surface area (Å²) in [6, 6.07) is 8.91. The first-order valence-electron chi connectivity index (χ1n) is 6.01. The van der Waals surface area contributed by atoms with Gasteiger partial charge in [0.25, 0.3) is 5.91 Å². The first kappa shape index (κ1) is 12.8. The first-order chi connectivity index (χ1) is 9.61. The number of hydrogen-bond donors (Lipinski definition) is 2. The highest BCUT2D eigenvalue weighted by Crippen LogP contribution is 2.18. The number of hydrogen-bond acceptors (Lipinski definition) is 3. The highest BCUT2D eigenvalue weighted by molar-refractivity contribution is 9.10. The Labute approximate surface area is 123 Å². The summed E-state index contributed by atoms with van der Waals surface area (Å²) >= 11 is 3.25. The lowest BCUT2D eigenvalue weighted by molar-refractivity contribution is 0.102. The Kier molecular flexibility index (Phi) is 3.23. The molecule has 0 radical (unpaired) electrons. The molecule has 0 atom stereocenters. The average Bonchev–Trinajstić information content (AvgIpc) is 2.78. The molecular weight excluding hydrogens is 320 g/mol. The molecule has 0 fully saturated rings. The van der Waals surface area contributed by atoms with E-state index in [9.17, 15) is 4.79 Å². The summed E-state index contributed by atoms with van der Waals surface area (Å²) in [6.45, 7) is 1.90. The van der Waals surface area contributed by atoms with Crippen molar-refractivity contribution in [2.24, 2.45) is 0 Å². The smallest absolute Gasteiger partial charge is 0.255 e. The quantitative estimate of drug-likeness (QED) is 0.708. The molecule has 1 aromatic carbocycles. The van der Waals surface area contributed by atoms with Gasteiger partial charge in [-0.15, -0.1) is 0 Å². The summed E-state index contributed by atoms with van der Waals surface area (Å²) in [5.41, 5.74) is 3.05. The molecule has 0 aliphatic carbocycles. The molecule has 20 heavy (non-hydrogen) atoms. The summed E-state index contributed by atoms with van der Waals surface area (Å²) in [5.74, 6) is 0.672. The van der Waals surface area contributed by atoms with Crippen LogP contribution in [-0.2, 0) is 0 Å². The van der Waals surface area contributed by atoms with Crippen molar-refractivity contribution < 1.29 is 4.79 Å². The Morgan fingerprint density at radius 3 is 2.95 bits per heavy atom. The summed E-state index contributed by atoms with van der Waals surface area (Å²) in [4.78, 5) is 23.6. The van der Waals surface area contributed by atoms with Crippen molar-refractivity contribution in [3.8, 4) is 0 Å². The zero-order chi connectivity index (χ0) is 14.1. The van der Waals surface area contributed by atoms with E-state index in [1.54, 1.807) is 18.3 Å². The minimum absolute atomic E-state index is 0.177. The van der Waals surface area contributed by atoms with Crippen molar-refractivity contribution >= 4 is 38.6 Å². The number of anilines is 1. The molecule has 2 N–H and O–H groups in total. The van der Waals surface area contributed by atoms with Crippen LogP contribution >= 0.6 is 15.9 Å². The van der Waals surface area contributed by atoms with Crippen LogP contribution in [0, 0.1) is 6.92 Å². The molecule has 6 heteroatoms. The first-order valence-corrected chi connectivity index (χ1v) is 6.80. The zero-order valence-corrected chi connectivity index (χ0v) is 12.2. The molecule has 2 heterocycles. The lowest BCUT2D eigenvalue weighted by Gasteiger charge is -2.05. The fraction of sp³-hybridized carbons (Fsp3) is 0.0714. The molecule has 0 spiro atoms. The second-order valence-electron chi connectivity index (χ2n) is 4.38. The Morgan fingerprint density at radius 1 is 1.30 bits per heavy atom. The third-order valence-corrected chi connectivity index (χ3v) is 3.28. The van der Waals surface area contributed by atoms with E-state index >= 15 is 0 Å². The maximum Gasteiger partial charge on any atom is 0.255 e. The monoisotopic (exact) mass is 330 g/mol. The number of carbonyl (C=O) groups excluding carboxylic acids is 1. The van der Waals surface area contributed by atoms with Crippen LogP contribution in [0.5, 0.6) is 0 Å². The molecule has 3 aromatic rings. The van der Waals surface area contributed by atoms with Crippen molar-refractivity contribution in [1.29, 1.82) is 0 Å². The Balaban J connectivity index is 1.87. The number of benzene rings is 1. The van der Waals surface area contributed by atoms with Gasteiger partial charge >= 0.3 is 0 Å². The van der Waals surface area contributed by atoms with Gasteiger partial charge in [-0.05, 0) is 53.2 Å². The number of halogens is 1. The normalized spacial score (nSPS) is 10.7. The van der Waals surface area contributed by atoms with Crippen LogP contribution in [0.3, 0.4) is 0 Å². The molecule has 0 aliphatic heterocycles. The van der Waals surface area contributed by atoms with E-state index in [2.05, 4.69) is 36.2 Å². The SMILES string of the molecule is Cc1nc2ccc(NC(=O)c3ccnc(Br)c3)cc2[nH]1. The van der Waals surface area contributed by atoms with Gasteiger partial charge in [0.1, 0.15) is 10.4 Å². The standard InChI is InChI=1S/C14H11BrN4O/c1-8-17-11-3-2-10(7-12(11)18-8)19-14(20)9-4-5-16-13(15)6-9/h2-7H,1H3,(H,17,18)(H,19,20). The number of aryl methyl sites for hydroxylation is 1. The highest BCUT2D eigenvalue weighted by Gasteiger charge is 2.08. The van der Waals surface area contributed by atoms with E-state index in [0.29, 0.717) is 10.2 Å². The van der Waals surface area contributed by atoms with E-state index < -0.39 is 0 Å². The largest absolute Gasteiger partial charge is 0.342 e. The number of rotatable bonds is 2. The number of carbonyl (C=O) groups is 1. The number of aromatic amines is 1. The Bertz CT molecular complexity index is 797. The fourth-order valence-corrected chi connectivity index (χ4v) is 2.33. The van der Waals surface area contributed by atoms with E-state index in [1.807, 2.05) is 25.1 Å². The van der Waals surface area contributed by atoms with Crippen LogP contribution in [-0.4, -0.2) is 20.9 Å². The predicted molar refractivity (Wildman–Crippen MR) is 80.7 cm³/mol. The number of nitrogens with zero attached hydrogens (tertiary/aromatic N) is 2. The van der Waals surface area contributed by atoms with E-state index in [4.69, 9.17) is 0 Å². The Hall–Kier alpha value is -2.21. The molecule has 0 bridgehead atoms. The predicted octanol–water partition coefficient (Wildman–Crippen LogP) is 3.28. The summed E-state index contributed by atoms with van der Waals surface area (Å²) < 4.78 is 0.629. The van der Waals surface area contributed by atoms with Gasteiger partial charge in [0.05, 0.1) is 11.0 Å². The van der Waals surface area contributed by atoms with Crippen molar-refractivity contribution in [2.75, 3.05) is 5.32 Å². The van der Waals surface area contributed by atoms with E-state index in [1.165, 1.54) is 0 Å². The van der Waals surface area contributed by atoms with Gasteiger partial charge in [0, 0.05) is 17.4 Å². The molecule has 5 nitrogen and oxygen atoms in total. The molecule has 0 unspecified atom stereocenters. The van der Waals surface area contributed by atoms with E-state index in [0.717, 1.165) is 22.5 Å². The molecule has 1 amide bonds. The molecule has 2 aromatic heterocycles. The topological polar surface area (TPSA) is 70.7 Å². The Morgan fingerprint density at radius 2 is 2.15 bits per heavy atom. The number of amides is 1. The van der Waals surface area contributed by atoms with Gasteiger partial charge in [-0.1, -0.05) is 0 Å². The van der Waals surface area contributed by atoms with Gasteiger partial charge in [-0.25, -0.2) is 9.97 Å². The zero-order valence-electron chi connectivity index (χ0n) is 10.6. The van der Waals surface area contributed by atoms with Gasteiger partial charge < -0.3 is 10.3 Å². The van der Waals surface area contributed by atoms with Crippen LogP contribution in [0.25, 0.3) is 11.0 Å². The van der Waals surface area contributed by atoms with Crippen LogP contribution in [0.4, 0.5) is 5.69 Å². The van der Waals surface area contributed by atoms with Crippen LogP contribution in [0.1, 0.15) is 16.2 Å². The lowest BCUT2D eigenvalue weighted by atomic mass is 10.2. The third-order valence-electron chi connectivity index (χ3n) is 2.85. The maximum absolute atomic E-state index is 12.1. The third kappa shape index (κ3) is 2.55. The summed E-state index contributed by atoms with van der Waals surface area (Å²) in [7, 11) is 0. The van der Waals surface area contributed by atoms with Crippen LogP contribution in [0.2, 0.25) is 0 Å². The molecule has 0 aliphatic rings. The van der Waals surface area contributed by atoms with Crippen molar-refractivity contribution in [1.82, 2.24) is 15.0 Å². The number of fused-ring (bicyclic) bond motifs is 1. The van der Waals surface area contributed by atoms with E-state index in [-0.39, 0.29) is 5.91 Å². The number of aromatic nitrogens is 3. The second-order valence-corrected chi connectivity index (χ2v) is 5.19. The number of pyridine rings is 1. The summed E-state index contributed by atoms with van der Waals surface area (Å²) in [5, 5.41) is 2.85. The van der Waals surface area contributed by atoms with Crippen molar-refractivity contribution in [3.63, 3.8) is 0 Å². The average molecular weight is 331 g/mol. The highest BCUT2D eigenvalue weighted by atomic mass is 79.9. The van der Waals surface area contributed by atoms with Gasteiger partial charge in [0.15, 0.2) is 0 Å². The number of nitrogens with one attached hydrogen (secondary N) is 2. The number of H-pyrrole nitrogens is 1. The van der Waals surface area contributed by atoms with Crippen molar-refractivity contribution in [3.05, 3.63) is 52.5 Å². The molecule has 100 valence electrons. The van der Waals surface area contributed by atoms with Crippen LogP contribution in [0.15, 0.2) is 41.1 Å². The molecule has 0 saturated heterocycles. The fourth-order valence-electron chi connectivity index (χ4n) is 1.96. The molecule has 0 saturated carbocycles.